The summed E-state index contributed by atoms with van der Waals surface area (Å²) in [6.45, 7) is 0. The molecule has 2 heterocycles. The van der Waals surface area contributed by atoms with Gasteiger partial charge < -0.3 is 10.1 Å². The van der Waals surface area contributed by atoms with Gasteiger partial charge in [-0.05, 0) is 56.8 Å². The van der Waals surface area contributed by atoms with Gasteiger partial charge in [0.15, 0.2) is 6.17 Å². The van der Waals surface area contributed by atoms with E-state index in [-0.39, 0.29) is 0 Å². The van der Waals surface area contributed by atoms with E-state index < -0.39 is 11.6 Å². The monoisotopic (exact) mass is 615 g/mol. The minimum absolute atomic E-state index is 0.471. The third-order valence-electron chi connectivity index (χ3n) is 10.0. The molecule has 0 saturated carbocycles. The SMILES string of the molecule is c1ccc(C2=NC(c3ccc4c(c3)C3(c5ccccc5O4)c4ccccc4-c4ccccc43)N=C(c3cccc4ccccc34)N2)cc1. The van der Waals surface area contributed by atoms with Gasteiger partial charge in [-0.3, -0.25) is 0 Å². The molecular formula is C44H29N3O. The Morgan fingerprint density at radius 1 is 0.479 bits per heavy atom. The van der Waals surface area contributed by atoms with Crippen molar-refractivity contribution in [1.29, 1.82) is 0 Å². The van der Waals surface area contributed by atoms with Gasteiger partial charge in [0, 0.05) is 22.3 Å². The number of hydrogen-bond acceptors (Lipinski definition) is 4. The van der Waals surface area contributed by atoms with E-state index in [0.717, 1.165) is 56.4 Å². The van der Waals surface area contributed by atoms with Crippen LogP contribution in [0, 0.1) is 0 Å². The van der Waals surface area contributed by atoms with Crippen molar-refractivity contribution in [3.63, 3.8) is 0 Å². The van der Waals surface area contributed by atoms with E-state index in [2.05, 4.69) is 151 Å². The molecule has 1 N–H and O–H groups in total. The van der Waals surface area contributed by atoms with Gasteiger partial charge in [0.05, 0.1) is 5.41 Å². The Labute approximate surface area is 278 Å². The van der Waals surface area contributed by atoms with E-state index in [0.29, 0.717) is 0 Å². The maximum absolute atomic E-state index is 6.68. The van der Waals surface area contributed by atoms with Gasteiger partial charge in [-0.25, -0.2) is 9.98 Å². The molecule has 0 aromatic heterocycles. The number of benzene rings is 7. The third kappa shape index (κ3) is 3.83. The van der Waals surface area contributed by atoms with E-state index in [1.165, 1.54) is 27.6 Å². The van der Waals surface area contributed by atoms with Gasteiger partial charge >= 0.3 is 0 Å². The Balaban J connectivity index is 1.21. The standard InChI is InChI=1S/C44H29N3O/c1-2-14-29(15-3-1)41-45-42(47-43(46-41)34-20-12-16-28-13-4-5-17-31(28)34)30-25-26-40-38(27-30)44(37-23-10-11-24-39(37)48-40)35-21-8-6-18-32(35)33-19-7-9-22-36(33)44/h1-27,42H,(H,45,46,47). The molecule has 0 fully saturated rings. The van der Waals surface area contributed by atoms with Crippen LogP contribution in [0.3, 0.4) is 0 Å². The lowest BCUT2D eigenvalue weighted by Crippen LogP contribution is -2.36. The molecule has 4 nitrogen and oxygen atoms in total. The minimum atomic E-state index is -0.547. The summed E-state index contributed by atoms with van der Waals surface area (Å²) in [7, 11) is 0. The molecule has 3 aliphatic rings. The third-order valence-corrected chi connectivity index (χ3v) is 10.0. The van der Waals surface area contributed by atoms with Crippen LogP contribution in [0.25, 0.3) is 21.9 Å². The maximum Gasteiger partial charge on any atom is 0.169 e. The van der Waals surface area contributed by atoms with Crippen molar-refractivity contribution in [2.75, 3.05) is 0 Å². The van der Waals surface area contributed by atoms with Crippen molar-refractivity contribution in [3.05, 3.63) is 203 Å². The highest BCUT2D eigenvalue weighted by atomic mass is 16.5. The Kier molecular flexibility index (Phi) is 5.82. The molecule has 1 aliphatic carbocycles. The van der Waals surface area contributed by atoms with Crippen molar-refractivity contribution in [3.8, 4) is 22.6 Å². The first kappa shape index (κ1) is 26.9. The van der Waals surface area contributed by atoms with Crippen LogP contribution in [0.15, 0.2) is 174 Å². The van der Waals surface area contributed by atoms with Crippen molar-refractivity contribution in [1.82, 2.24) is 5.32 Å². The second-order valence-electron chi connectivity index (χ2n) is 12.5. The highest BCUT2D eigenvalue weighted by Gasteiger charge is 2.51. The quantitative estimate of drug-likeness (QED) is 0.215. The predicted molar refractivity (Wildman–Crippen MR) is 193 cm³/mol. The second kappa shape index (κ2) is 10.4. The number of hydrogen-bond donors (Lipinski definition) is 1. The summed E-state index contributed by atoms with van der Waals surface area (Å²) >= 11 is 0. The smallest absolute Gasteiger partial charge is 0.169 e. The van der Waals surface area contributed by atoms with Crippen molar-refractivity contribution < 1.29 is 4.74 Å². The van der Waals surface area contributed by atoms with Crippen LogP contribution in [-0.4, -0.2) is 11.7 Å². The van der Waals surface area contributed by atoms with Gasteiger partial charge in [-0.15, -0.1) is 0 Å². The van der Waals surface area contributed by atoms with E-state index in [1.807, 2.05) is 18.2 Å². The molecule has 1 unspecified atom stereocenters. The zero-order chi connectivity index (χ0) is 31.7. The van der Waals surface area contributed by atoms with Gasteiger partial charge in [0.1, 0.15) is 23.2 Å². The molecule has 4 heteroatoms. The second-order valence-corrected chi connectivity index (χ2v) is 12.5. The van der Waals surface area contributed by atoms with Gasteiger partial charge in [0.2, 0.25) is 0 Å². The molecule has 10 rings (SSSR count). The largest absolute Gasteiger partial charge is 0.457 e. The molecular weight excluding hydrogens is 587 g/mol. The first-order chi connectivity index (χ1) is 23.8. The van der Waals surface area contributed by atoms with Crippen molar-refractivity contribution in [2.24, 2.45) is 9.98 Å². The van der Waals surface area contributed by atoms with Crippen molar-refractivity contribution in [2.45, 2.75) is 11.6 Å². The normalized spacial score (nSPS) is 16.5. The van der Waals surface area contributed by atoms with Crippen LogP contribution in [-0.2, 0) is 5.41 Å². The number of nitrogens with one attached hydrogen (secondary N) is 1. The molecule has 7 aromatic carbocycles. The molecule has 0 radical (unpaired) electrons. The number of rotatable bonds is 3. The number of nitrogens with zero attached hydrogens (tertiary/aromatic N) is 2. The average Bonchev–Trinajstić information content (AvgIpc) is 3.45. The number of aliphatic imine (C=N–C) groups is 2. The molecule has 226 valence electrons. The topological polar surface area (TPSA) is 46.0 Å². The predicted octanol–water partition coefficient (Wildman–Crippen LogP) is 9.80. The van der Waals surface area contributed by atoms with Crippen LogP contribution < -0.4 is 10.1 Å². The Morgan fingerprint density at radius 3 is 1.90 bits per heavy atom. The summed E-state index contributed by atoms with van der Waals surface area (Å²) in [4.78, 5) is 10.6. The first-order valence-electron chi connectivity index (χ1n) is 16.4. The van der Waals surface area contributed by atoms with Crippen molar-refractivity contribution >= 4 is 22.4 Å². The maximum atomic E-state index is 6.68. The van der Waals surface area contributed by atoms with E-state index in [9.17, 15) is 0 Å². The summed E-state index contributed by atoms with van der Waals surface area (Å²) in [6.07, 6.45) is -0.471. The number of amidine groups is 2. The Bertz CT molecular complexity index is 2430. The van der Waals surface area contributed by atoms with Gasteiger partial charge in [-0.1, -0.05) is 146 Å². The highest BCUT2D eigenvalue weighted by Crippen LogP contribution is 2.62. The molecule has 1 spiro atoms. The summed E-state index contributed by atoms with van der Waals surface area (Å²) in [5.74, 6) is 3.33. The van der Waals surface area contributed by atoms with Crippen LogP contribution in [0.1, 0.15) is 45.1 Å². The van der Waals surface area contributed by atoms with Crippen LogP contribution >= 0.6 is 0 Å². The molecule has 0 bridgehead atoms. The molecule has 2 aliphatic heterocycles. The molecule has 0 saturated heterocycles. The fraction of sp³-hybridized carbons (Fsp3) is 0.0455. The average molecular weight is 616 g/mol. The lowest BCUT2D eigenvalue weighted by molar-refractivity contribution is 0.435. The summed E-state index contributed by atoms with van der Waals surface area (Å²) in [6, 6.07) is 57.7. The van der Waals surface area contributed by atoms with Gasteiger partial charge in [0.25, 0.3) is 0 Å². The summed E-state index contributed by atoms with van der Waals surface area (Å²) < 4.78 is 6.68. The van der Waals surface area contributed by atoms with E-state index in [1.54, 1.807) is 0 Å². The lowest BCUT2D eigenvalue weighted by Gasteiger charge is -2.39. The zero-order valence-electron chi connectivity index (χ0n) is 26.0. The number of ether oxygens (including phenoxy) is 1. The molecule has 0 amide bonds. The zero-order valence-corrected chi connectivity index (χ0v) is 26.0. The lowest BCUT2D eigenvalue weighted by atomic mass is 9.66. The summed E-state index contributed by atoms with van der Waals surface area (Å²) in [5.41, 5.74) is 9.80. The fourth-order valence-electron chi connectivity index (χ4n) is 7.95. The highest BCUT2D eigenvalue weighted by molar-refractivity contribution is 6.19. The van der Waals surface area contributed by atoms with E-state index >= 15 is 0 Å². The number of para-hydroxylation sites is 1. The Hall–Kier alpha value is -6.26. The minimum Gasteiger partial charge on any atom is -0.457 e. The van der Waals surface area contributed by atoms with Crippen LogP contribution in [0.4, 0.5) is 0 Å². The molecule has 7 aromatic rings. The first-order valence-corrected chi connectivity index (χ1v) is 16.4. The van der Waals surface area contributed by atoms with Crippen LogP contribution in [0.5, 0.6) is 11.5 Å². The van der Waals surface area contributed by atoms with E-state index in [4.69, 9.17) is 14.7 Å². The van der Waals surface area contributed by atoms with Crippen LogP contribution in [0.2, 0.25) is 0 Å². The molecule has 1 atom stereocenters. The Morgan fingerprint density at radius 2 is 1.08 bits per heavy atom. The van der Waals surface area contributed by atoms with Gasteiger partial charge in [-0.2, -0.15) is 0 Å². The fourth-order valence-corrected chi connectivity index (χ4v) is 7.95. The number of fused-ring (bicyclic) bond motifs is 10. The molecule has 48 heavy (non-hydrogen) atoms. The summed E-state index contributed by atoms with van der Waals surface area (Å²) in [5, 5.41) is 5.92.